The highest BCUT2D eigenvalue weighted by atomic mass is 35.5. The maximum atomic E-state index is 13.6. The van der Waals surface area contributed by atoms with E-state index >= 15 is 0 Å². The van der Waals surface area contributed by atoms with E-state index in [2.05, 4.69) is 10.2 Å². The molecule has 3 aromatic rings. The molecule has 6 heteroatoms. The molecular weight excluding hydrogens is 293 g/mol. The lowest BCUT2D eigenvalue weighted by Gasteiger charge is -2.09. The smallest absolute Gasteiger partial charge is 0.246 e. The van der Waals surface area contributed by atoms with E-state index in [0.717, 1.165) is 0 Å². The Balaban J connectivity index is 2.14. The van der Waals surface area contributed by atoms with E-state index in [1.165, 1.54) is 18.2 Å². The zero-order valence-corrected chi connectivity index (χ0v) is 11.3. The predicted octanol–water partition coefficient (Wildman–Crippen LogP) is 4.09. The minimum absolute atomic E-state index is 0.0827. The molecule has 4 nitrogen and oxygen atoms in total. The lowest BCUT2D eigenvalue weighted by molar-refractivity contribution is 0.455. The minimum atomic E-state index is -0.652. The van der Waals surface area contributed by atoms with Crippen LogP contribution >= 0.6 is 11.6 Å². The van der Waals surface area contributed by atoms with Crippen molar-refractivity contribution in [3.8, 4) is 17.7 Å². The molecule has 1 aromatic heterocycles. The summed E-state index contributed by atoms with van der Waals surface area (Å²) in [5, 5.41) is 18.2. The second-order valence-electron chi connectivity index (χ2n) is 4.17. The second kappa shape index (κ2) is 5.35. The van der Waals surface area contributed by atoms with E-state index in [1.54, 1.807) is 24.3 Å². The summed E-state index contributed by atoms with van der Waals surface area (Å²) in [5.74, 6) is -0.405. The number of nitrogens with zero attached hydrogens (tertiary/aromatic N) is 3. The van der Waals surface area contributed by atoms with E-state index in [-0.39, 0.29) is 22.3 Å². The van der Waals surface area contributed by atoms with Crippen molar-refractivity contribution in [2.75, 3.05) is 0 Å². The lowest BCUT2D eigenvalue weighted by atomic mass is 10.2. The van der Waals surface area contributed by atoms with E-state index in [1.807, 2.05) is 6.07 Å². The zero-order valence-electron chi connectivity index (χ0n) is 10.5. The Hall–Kier alpha value is -2.71. The Morgan fingerprint density at radius 2 is 1.81 bits per heavy atom. The van der Waals surface area contributed by atoms with Crippen LogP contribution in [0.4, 0.5) is 4.39 Å². The van der Waals surface area contributed by atoms with Gasteiger partial charge in [0.25, 0.3) is 0 Å². The predicted molar refractivity (Wildman–Crippen MR) is 75.7 cm³/mol. The van der Waals surface area contributed by atoms with E-state index in [4.69, 9.17) is 21.6 Å². The van der Waals surface area contributed by atoms with Crippen LogP contribution in [0.3, 0.4) is 0 Å². The first-order valence-electron chi connectivity index (χ1n) is 5.98. The summed E-state index contributed by atoms with van der Waals surface area (Å²) in [4.78, 5) is 0. The molecule has 0 aliphatic rings. The van der Waals surface area contributed by atoms with Crippen molar-refractivity contribution in [3.63, 3.8) is 0 Å². The third kappa shape index (κ3) is 2.37. The lowest BCUT2D eigenvalue weighted by Crippen LogP contribution is -1.96. The van der Waals surface area contributed by atoms with Gasteiger partial charge in [-0.25, -0.2) is 4.39 Å². The SMILES string of the molecule is N#Cc1c(F)cccc1Oc1nnc(Cl)c2ccccc12. The van der Waals surface area contributed by atoms with Gasteiger partial charge in [-0.2, -0.15) is 5.26 Å². The van der Waals surface area contributed by atoms with Gasteiger partial charge in [0, 0.05) is 10.8 Å². The average molecular weight is 300 g/mol. The van der Waals surface area contributed by atoms with Gasteiger partial charge in [-0.3, -0.25) is 0 Å². The summed E-state index contributed by atoms with van der Waals surface area (Å²) in [5.41, 5.74) is -0.182. The van der Waals surface area contributed by atoms with Crippen LogP contribution in [-0.4, -0.2) is 10.2 Å². The Labute approximate surface area is 124 Å². The first kappa shape index (κ1) is 13.3. The van der Waals surface area contributed by atoms with Crippen molar-refractivity contribution in [3.05, 3.63) is 59.0 Å². The van der Waals surface area contributed by atoms with Gasteiger partial charge in [-0.1, -0.05) is 35.9 Å². The molecule has 0 fully saturated rings. The van der Waals surface area contributed by atoms with Crippen LogP contribution in [0, 0.1) is 17.1 Å². The highest BCUT2D eigenvalue weighted by Crippen LogP contribution is 2.32. The van der Waals surface area contributed by atoms with Crippen LogP contribution in [0.5, 0.6) is 11.6 Å². The Morgan fingerprint density at radius 3 is 2.57 bits per heavy atom. The van der Waals surface area contributed by atoms with Crippen molar-refractivity contribution >= 4 is 22.4 Å². The number of ether oxygens (including phenoxy) is 1. The fraction of sp³-hybridized carbons (Fsp3) is 0. The number of nitriles is 1. The molecule has 21 heavy (non-hydrogen) atoms. The van der Waals surface area contributed by atoms with Crippen molar-refractivity contribution in [2.45, 2.75) is 0 Å². The number of hydrogen-bond donors (Lipinski definition) is 0. The summed E-state index contributed by atoms with van der Waals surface area (Å²) in [7, 11) is 0. The summed E-state index contributed by atoms with van der Waals surface area (Å²) < 4.78 is 19.1. The summed E-state index contributed by atoms with van der Waals surface area (Å²) >= 11 is 5.97. The second-order valence-corrected chi connectivity index (χ2v) is 4.53. The maximum Gasteiger partial charge on any atom is 0.246 e. The van der Waals surface area contributed by atoms with Crippen LogP contribution in [0.15, 0.2) is 42.5 Å². The number of fused-ring (bicyclic) bond motifs is 1. The van der Waals surface area contributed by atoms with Crippen LogP contribution in [0.25, 0.3) is 10.8 Å². The molecule has 0 aliphatic heterocycles. The van der Waals surface area contributed by atoms with Gasteiger partial charge >= 0.3 is 0 Å². The summed E-state index contributed by atoms with van der Waals surface area (Å²) in [6, 6.07) is 13.0. The summed E-state index contributed by atoms with van der Waals surface area (Å²) in [6.45, 7) is 0. The van der Waals surface area contributed by atoms with Gasteiger partial charge in [-0.05, 0) is 18.2 Å². The molecule has 0 spiro atoms. The van der Waals surface area contributed by atoms with Crippen molar-refractivity contribution in [2.24, 2.45) is 0 Å². The number of benzene rings is 2. The Bertz CT molecular complexity index is 876. The standard InChI is InChI=1S/C15H7ClFN3O/c16-14-9-4-1-2-5-10(9)15(20-19-14)21-13-7-3-6-12(17)11(13)8-18/h1-7H. The van der Waals surface area contributed by atoms with Gasteiger partial charge in [0.05, 0.1) is 0 Å². The van der Waals surface area contributed by atoms with Crippen LogP contribution in [0.1, 0.15) is 5.56 Å². The molecule has 3 rings (SSSR count). The third-order valence-corrected chi connectivity index (χ3v) is 3.18. The highest BCUT2D eigenvalue weighted by molar-refractivity contribution is 6.34. The molecule has 0 amide bonds. The van der Waals surface area contributed by atoms with Gasteiger partial charge in [0.2, 0.25) is 5.88 Å². The molecule has 0 unspecified atom stereocenters. The molecule has 0 N–H and O–H groups in total. The topological polar surface area (TPSA) is 58.8 Å². The van der Waals surface area contributed by atoms with Crippen molar-refractivity contribution in [1.82, 2.24) is 10.2 Å². The fourth-order valence-corrected chi connectivity index (χ4v) is 2.13. The van der Waals surface area contributed by atoms with Crippen molar-refractivity contribution < 1.29 is 9.13 Å². The average Bonchev–Trinajstić information content (AvgIpc) is 2.51. The van der Waals surface area contributed by atoms with Gasteiger partial charge in [-0.15, -0.1) is 10.2 Å². The fourth-order valence-electron chi connectivity index (χ4n) is 1.92. The first-order chi connectivity index (χ1) is 10.2. The first-order valence-corrected chi connectivity index (χ1v) is 6.36. The molecule has 0 aliphatic carbocycles. The monoisotopic (exact) mass is 299 g/mol. The van der Waals surface area contributed by atoms with E-state index in [9.17, 15) is 4.39 Å². The Kier molecular flexibility index (Phi) is 3.38. The van der Waals surface area contributed by atoms with Crippen LogP contribution in [-0.2, 0) is 0 Å². The van der Waals surface area contributed by atoms with Crippen LogP contribution < -0.4 is 4.74 Å². The number of aromatic nitrogens is 2. The van der Waals surface area contributed by atoms with E-state index < -0.39 is 5.82 Å². The largest absolute Gasteiger partial charge is 0.436 e. The quantitative estimate of drug-likeness (QED) is 0.715. The molecule has 0 radical (unpaired) electrons. The minimum Gasteiger partial charge on any atom is -0.436 e. The third-order valence-electron chi connectivity index (χ3n) is 2.90. The maximum absolute atomic E-state index is 13.6. The van der Waals surface area contributed by atoms with Crippen LogP contribution in [0.2, 0.25) is 5.15 Å². The molecule has 102 valence electrons. The van der Waals surface area contributed by atoms with Gasteiger partial charge in [0.15, 0.2) is 5.15 Å². The van der Waals surface area contributed by atoms with Gasteiger partial charge < -0.3 is 4.74 Å². The highest BCUT2D eigenvalue weighted by Gasteiger charge is 2.14. The molecule has 0 atom stereocenters. The normalized spacial score (nSPS) is 10.3. The molecule has 0 bridgehead atoms. The molecule has 0 saturated carbocycles. The molecule has 0 saturated heterocycles. The number of rotatable bonds is 2. The zero-order chi connectivity index (χ0) is 14.8. The molecule has 2 aromatic carbocycles. The molecular formula is C15H7ClFN3O. The van der Waals surface area contributed by atoms with Crippen molar-refractivity contribution in [1.29, 1.82) is 5.26 Å². The van der Waals surface area contributed by atoms with E-state index in [0.29, 0.717) is 10.8 Å². The molecule has 1 heterocycles. The van der Waals surface area contributed by atoms with Gasteiger partial charge in [0.1, 0.15) is 23.2 Å². The summed E-state index contributed by atoms with van der Waals surface area (Å²) in [6.07, 6.45) is 0. The number of hydrogen-bond acceptors (Lipinski definition) is 4. The Morgan fingerprint density at radius 1 is 1.05 bits per heavy atom. The number of halogens is 2.